The van der Waals surface area contributed by atoms with Crippen molar-refractivity contribution in [2.24, 2.45) is 5.10 Å². The van der Waals surface area contributed by atoms with Crippen LogP contribution in [0, 0.1) is 5.82 Å². The summed E-state index contributed by atoms with van der Waals surface area (Å²) in [6, 6.07) is 11.2. The molecular formula is C19H21FN2O3. The molecule has 0 heterocycles. The predicted molar refractivity (Wildman–Crippen MR) is 94.6 cm³/mol. The summed E-state index contributed by atoms with van der Waals surface area (Å²) in [6.07, 6.45) is 2.56. The molecule has 0 aliphatic carbocycles. The molecule has 0 unspecified atom stereocenters. The summed E-state index contributed by atoms with van der Waals surface area (Å²) in [5.41, 5.74) is 3.93. The van der Waals surface area contributed by atoms with Gasteiger partial charge in [-0.15, -0.1) is 0 Å². The van der Waals surface area contributed by atoms with E-state index in [-0.39, 0.29) is 18.1 Å². The van der Waals surface area contributed by atoms with Gasteiger partial charge in [0.15, 0.2) is 11.5 Å². The Kier molecular flexibility index (Phi) is 6.95. The average Bonchev–Trinajstić information content (AvgIpc) is 2.62. The third-order valence-corrected chi connectivity index (χ3v) is 3.33. The summed E-state index contributed by atoms with van der Waals surface area (Å²) in [4.78, 5) is 11.8. The fourth-order valence-electron chi connectivity index (χ4n) is 2.10. The number of ether oxygens (including phenoxy) is 2. The summed E-state index contributed by atoms with van der Waals surface area (Å²) in [5, 5.41) is 3.93. The van der Waals surface area contributed by atoms with Crippen LogP contribution >= 0.6 is 0 Å². The molecule has 1 amide bonds. The second-order valence-electron chi connectivity index (χ2n) is 5.36. The van der Waals surface area contributed by atoms with Gasteiger partial charge in [-0.3, -0.25) is 4.79 Å². The van der Waals surface area contributed by atoms with Crippen molar-refractivity contribution in [3.8, 4) is 11.5 Å². The minimum absolute atomic E-state index is 0.130. The number of benzene rings is 2. The third kappa shape index (κ3) is 5.91. The molecule has 25 heavy (non-hydrogen) atoms. The molecule has 2 aromatic rings. The number of amides is 1. The van der Waals surface area contributed by atoms with E-state index in [0.717, 1.165) is 12.0 Å². The highest BCUT2D eigenvalue weighted by atomic mass is 19.1. The number of nitrogens with zero attached hydrogens (tertiary/aromatic N) is 1. The number of hydrogen-bond donors (Lipinski definition) is 1. The first-order chi connectivity index (χ1) is 12.1. The number of nitrogens with one attached hydrogen (secondary N) is 1. The highest BCUT2D eigenvalue weighted by molar-refractivity contribution is 5.84. The van der Waals surface area contributed by atoms with Crippen LogP contribution in [0.15, 0.2) is 47.6 Å². The Morgan fingerprint density at radius 3 is 2.64 bits per heavy atom. The van der Waals surface area contributed by atoms with Gasteiger partial charge in [-0.05, 0) is 47.9 Å². The quantitative estimate of drug-likeness (QED) is 0.590. The van der Waals surface area contributed by atoms with Crippen LogP contribution < -0.4 is 14.9 Å². The monoisotopic (exact) mass is 344 g/mol. The maximum absolute atomic E-state index is 12.8. The van der Waals surface area contributed by atoms with E-state index in [2.05, 4.69) is 10.5 Å². The molecule has 0 aliphatic rings. The molecule has 2 aromatic carbocycles. The number of hydrazone groups is 1. The van der Waals surface area contributed by atoms with E-state index >= 15 is 0 Å². The van der Waals surface area contributed by atoms with Gasteiger partial charge in [0.2, 0.25) is 5.91 Å². The second-order valence-corrected chi connectivity index (χ2v) is 5.36. The Labute approximate surface area is 146 Å². The highest BCUT2D eigenvalue weighted by Gasteiger charge is 2.05. The van der Waals surface area contributed by atoms with Gasteiger partial charge in [0, 0.05) is 0 Å². The minimum atomic E-state index is -0.331. The van der Waals surface area contributed by atoms with Crippen LogP contribution in [0.5, 0.6) is 11.5 Å². The van der Waals surface area contributed by atoms with Crippen molar-refractivity contribution in [3.05, 3.63) is 59.4 Å². The van der Waals surface area contributed by atoms with Crippen LogP contribution in [0.4, 0.5) is 4.39 Å². The van der Waals surface area contributed by atoms with E-state index in [1.807, 2.05) is 13.0 Å². The van der Waals surface area contributed by atoms with Gasteiger partial charge in [0.05, 0.1) is 26.4 Å². The lowest BCUT2D eigenvalue weighted by Crippen LogP contribution is -2.19. The maximum atomic E-state index is 12.8. The molecule has 0 saturated heterocycles. The summed E-state index contributed by atoms with van der Waals surface area (Å²) >= 11 is 0. The van der Waals surface area contributed by atoms with Gasteiger partial charge in [-0.1, -0.05) is 19.1 Å². The molecular weight excluding hydrogens is 323 g/mol. The van der Waals surface area contributed by atoms with Crippen molar-refractivity contribution in [2.75, 3.05) is 13.7 Å². The largest absolute Gasteiger partial charge is 0.493 e. The molecule has 5 nitrogen and oxygen atoms in total. The second kappa shape index (κ2) is 9.42. The molecule has 0 aliphatic heterocycles. The van der Waals surface area contributed by atoms with Crippen molar-refractivity contribution >= 4 is 12.1 Å². The van der Waals surface area contributed by atoms with Crippen LogP contribution in [0.3, 0.4) is 0 Å². The van der Waals surface area contributed by atoms with Gasteiger partial charge < -0.3 is 9.47 Å². The normalized spacial score (nSPS) is 10.7. The van der Waals surface area contributed by atoms with Crippen molar-refractivity contribution in [1.29, 1.82) is 0 Å². The zero-order valence-electron chi connectivity index (χ0n) is 14.3. The zero-order chi connectivity index (χ0) is 18.1. The lowest BCUT2D eigenvalue weighted by atomic mass is 10.1. The van der Waals surface area contributed by atoms with E-state index in [4.69, 9.17) is 9.47 Å². The molecule has 0 bridgehead atoms. The van der Waals surface area contributed by atoms with E-state index in [1.54, 1.807) is 31.4 Å². The van der Waals surface area contributed by atoms with E-state index in [0.29, 0.717) is 23.7 Å². The molecule has 132 valence electrons. The summed E-state index contributed by atoms with van der Waals surface area (Å²) in [7, 11) is 1.57. The van der Waals surface area contributed by atoms with Gasteiger partial charge in [-0.2, -0.15) is 5.10 Å². The number of hydrogen-bond acceptors (Lipinski definition) is 4. The number of carbonyl (C=O) groups is 1. The Bertz CT molecular complexity index is 730. The summed E-state index contributed by atoms with van der Waals surface area (Å²) in [6.45, 7) is 2.64. The molecule has 0 fully saturated rings. The number of halogens is 1. The molecule has 0 atom stereocenters. The fraction of sp³-hybridized carbons (Fsp3) is 0.263. The lowest BCUT2D eigenvalue weighted by molar-refractivity contribution is -0.120. The molecule has 1 N–H and O–H groups in total. The van der Waals surface area contributed by atoms with E-state index in [9.17, 15) is 9.18 Å². The zero-order valence-corrected chi connectivity index (χ0v) is 14.3. The van der Waals surface area contributed by atoms with Crippen LogP contribution in [0.1, 0.15) is 24.5 Å². The average molecular weight is 344 g/mol. The van der Waals surface area contributed by atoms with Crippen molar-refractivity contribution in [3.63, 3.8) is 0 Å². The molecule has 2 rings (SSSR count). The Balaban J connectivity index is 1.92. The van der Waals surface area contributed by atoms with Gasteiger partial charge in [0.25, 0.3) is 0 Å². The number of rotatable bonds is 8. The smallest absolute Gasteiger partial charge is 0.244 e. The first-order valence-corrected chi connectivity index (χ1v) is 7.99. The van der Waals surface area contributed by atoms with E-state index in [1.165, 1.54) is 18.3 Å². The first kappa shape index (κ1) is 18.4. The minimum Gasteiger partial charge on any atom is -0.493 e. The molecule has 0 saturated carbocycles. The standard InChI is InChI=1S/C19H21FN2O3/c1-3-10-25-17-9-6-15(11-18(17)24-2)13-21-22-19(23)12-14-4-7-16(20)8-5-14/h4-9,11,13H,3,10,12H2,1-2H3,(H,22,23)/b21-13+. The van der Waals surface area contributed by atoms with Crippen molar-refractivity contribution in [2.45, 2.75) is 19.8 Å². The Morgan fingerprint density at radius 2 is 1.96 bits per heavy atom. The SMILES string of the molecule is CCCOc1ccc(/C=N/NC(=O)Cc2ccc(F)cc2)cc1OC. The Hall–Kier alpha value is -2.89. The van der Waals surface area contributed by atoms with Crippen LogP contribution in [0.2, 0.25) is 0 Å². The highest BCUT2D eigenvalue weighted by Crippen LogP contribution is 2.27. The molecule has 0 spiro atoms. The van der Waals surface area contributed by atoms with Gasteiger partial charge in [-0.25, -0.2) is 9.82 Å². The molecule has 6 heteroatoms. The summed E-state index contributed by atoms with van der Waals surface area (Å²) in [5.74, 6) is 0.664. The van der Waals surface area contributed by atoms with Crippen LogP contribution in [-0.4, -0.2) is 25.8 Å². The van der Waals surface area contributed by atoms with Crippen molar-refractivity contribution in [1.82, 2.24) is 5.43 Å². The van der Waals surface area contributed by atoms with Gasteiger partial charge >= 0.3 is 0 Å². The molecule has 0 radical (unpaired) electrons. The fourth-order valence-corrected chi connectivity index (χ4v) is 2.10. The van der Waals surface area contributed by atoms with Crippen LogP contribution in [0.25, 0.3) is 0 Å². The lowest BCUT2D eigenvalue weighted by Gasteiger charge is -2.10. The summed E-state index contributed by atoms with van der Waals surface area (Å²) < 4.78 is 23.7. The number of carbonyl (C=O) groups excluding carboxylic acids is 1. The molecule has 0 aromatic heterocycles. The third-order valence-electron chi connectivity index (χ3n) is 3.33. The van der Waals surface area contributed by atoms with Gasteiger partial charge in [0.1, 0.15) is 5.82 Å². The van der Waals surface area contributed by atoms with E-state index < -0.39 is 0 Å². The predicted octanol–water partition coefficient (Wildman–Crippen LogP) is 3.32. The Morgan fingerprint density at radius 1 is 1.20 bits per heavy atom. The van der Waals surface area contributed by atoms with Crippen LogP contribution in [-0.2, 0) is 11.2 Å². The number of methoxy groups -OCH3 is 1. The van der Waals surface area contributed by atoms with Crippen molar-refractivity contribution < 1.29 is 18.7 Å². The first-order valence-electron chi connectivity index (χ1n) is 7.99. The topological polar surface area (TPSA) is 59.9 Å². The maximum Gasteiger partial charge on any atom is 0.244 e.